The maximum atomic E-state index is 5.95. The fourth-order valence-corrected chi connectivity index (χ4v) is 2.29. The molecule has 3 rings (SSSR count). The Labute approximate surface area is 136 Å². The molecule has 3 heteroatoms. The van der Waals surface area contributed by atoms with Crippen LogP contribution in [0.15, 0.2) is 72.8 Å². The molecule has 0 aliphatic carbocycles. The lowest BCUT2D eigenvalue weighted by Gasteiger charge is -2.16. The fourth-order valence-electron chi connectivity index (χ4n) is 2.29. The van der Waals surface area contributed by atoms with Crippen molar-refractivity contribution in [3.63, 3.8) is 0 Å². The van der Waals surface area contributed by atoms with Crippen LogP contribution in [0.5, 0.6) is 28.7 Å². The highest BCUT2D eigenvalue weighted by atomic mass is 16.5. The maximum absolute atomic E-state index is 5.95. The third kappa shape index (κ3) is 3.64. The molecule has 3 aromatic rings. The van der Waals surface area contributed by atoms with Crippen LogP contribution in [0, 0.1) is 6.92 Å². The van der Waals surface area contributed by atoms with E-state index in [1.165, 1.54) is 0 Å². The zero-order valence-corrected chi connectivity index (χ0v) is 13.2. The van der Waals surface area contributed by atoms with Crippen molar-refractivity contribution in [2.75, 3.05) is 7.11 Å². The van der Waals surface area contributed by atoms with Crippen molar-refractivity contribution in [1.82, 2.24) is 0 Å². The number of hydrogen-bond acceptors (Lipinski definition) is 3. The van der Waals surface area contributed by atoms with Crippen molar-refractivity contribution in [3.05, 3.63) is 78.4 Å². The fraction of sp³-hybridized carbons (Fsp3) is 0.100. The van der Waals surface area contributed by atoms with Gasteiger partial charge in [-0.1, -0.05) is 36.4 Å². The molecule has 0 saturated carbocycles. The van der Waals surface area contributed by atoms with Gasteiger partial charge in [0.2, 0.25) is 5.75 Å². The number of rotatable bonds is 5. The monoisotopic (exact) mass is 306 g/mol. The minimum Gasteiger partial charge on any atom is -0.490 e. The average molecular weight is 306 g/mol. The molecule has 0 aliphatic rings. The number of benzene rings is 3. The van der Waals surface area contributed by atoms with Crippen molar-refractivity contribution in [1.29, 1.82) is 0 Å². The number of para-hydroxylation sites is 2. The lowest BCUT2D eigenvalue weighted by atomic mass is 10.2. The summed E-state index contributed by atoms with van der Waals surface area (Å²) in [5.74, 6) is 3.33. The Bertz CT molecular complexity index is 705. The van der Waals surface area contributed by atoms with Gasteiger partial charge in [0, 0.05) is 0 Å². The highest BCUT2D eigenvalue weighted by Crippen LogP contribution is 2.42. The third-order valence-corrected chi connectivity index (χ3v) is 3.31. The molecule has 0 spiro atoms. The smallest absolute Gasteiger partial charge is 0.204 e. The summed E-state index contributed by atoms with van der Waals surface area (Å²) in [5, 5.41) is 0. The molecule has 0 heterocycles. The van der Waals surface area contributed by atoms with E-state index in [0.29, 0.717) is 17.2 Å². The molecule has 0 unspecified atom stereocenters. The van der Waals surface area contributed by atoms with Gasteiger partial charge in [-0.15, -0.1) is 0 Å². The predicted molar refractivity (Wildman–Crippen MR) is 90.8 cm³/mol. The molecule has 0 fully saturated rings. The van der Waals surface area contributed by atoms with Crippen LogP contribution in [0.2, 0.25) is 0 Å². The number of aryl methyl sites for hydroxylation is 1. The highest BCUT2D eigenvalue weighted by molar-refractivity contribution is 5.56. The van der Waals surface area contributed by atoms with Crippen LogP contribution in [0.4, 0.5) is 0 Å². The van der Waals surface area contributed by atoms with Gasteiger partial charge in [-0.25, -0.2) is 0 Å². The molecule has 0 radical (unpaired) electrons. The molecule has 0 aliphatic heterocycles. The van der Waals surface area contributed by atoms with E-state index < -0.39 is 0 Å². The van der Waals surface area contributed by atoms with E-state index in [4.69, 9.17) is 14.2 Å². The summed E-state index contributed by atoms with van der Waals surface area (Å²) in [6.45, 7) is 2.00. The Morgan fingerprint density at radius 2 is 1.09 bits per heavy atom. The van der Waals surface area contributed by atoms with Gasteiger partial charge in [0.05, 0.1) is 7.11 Å². The quantitative estimate of drug-likeness (QED) is 0.615. The van der Waals surface area contributed by atoms with Crippen LogP contribution in [0.25, 0.3) is 0 Å². The molecule has 116 valence electrons. The Morgan fingerprint density at radius 3 is 1.48 bits per heavy atom. The maximum Gasteiger partial charge on any atom is 0.204 e. The van der Waals surface area contributed by atoms with Crippen LogP contribution in [-0.4, -0.2) is 7.11 Å². The first-order chi connectivity index (χ1) is 11.3. The molecule has 3 nitrogen and oxygen atoms in total. The van der Waals surface area contributed by atoms with Crippen LogP contribution < -0.4 is 14.2 Å². The van der Waals surface area contributed by atoms with E-state index in [2.05, 4.69) is 0 Å². The van der Waals surface area contributed by atoms with Crippen molar-refractivity contribution >= 4 is 0 Å². The van der Waals surface area contributed by atoms with Crippen LogP contribution in [-0.2, 0) is 0 Å². The standard InChI is InChI=1S/C20H18O3/c1-15-13-18(22-16-9-5-3-6-10-16)20(21-2)19(14-15)23-17-11-7-4-8-12-17/h3-14H,1-2H3. The van der Waals surface area contributed by atoms with E-state index in [1.807, 2.05) is 79.7 Å². The van der Waals surface area contributed by atoms with E-state index >= 15 is 0 Å². The first-order valence-corrected chi connectivity index (χ1v) is 7.40. The number of ether oxygens (including phenoxy) is 3. The summed E-state index contributed by atoms with van der Waals surface area (Å²) in [5.41, 5.74) is 1.03. The minimum atomic E-state index is 0.573. The van der Waals surface area contributed by atoms with E-state index in [1.54, 1.807) is 7.11 Å². The summed E-state index contributed by atoms with van der Waals surface area (Å²) in [4.78, 5) is 0. The first kappa shape index (κ1) is 15.0. The molecule has 23 heavy (non-hydrogen) atoms. The first-order valence-electron chi connectivity index (χ1n) is 7.40. The Kier molecular flexibility index (Phi) is 4.48. The van der Waals surface area contributed by atoms with Gasteiger partial charge in [-0.05, 0) is 48.9 Å². The van der Waals surface area contributed by atoms with Crippen molar-refractivity contribution in [3.8, 4) is 28.7 Å². The van der Waals surface area contributed by atoms with E-state index in [9.17, 15) is 0 Å². The Balaban J connectivity index is 1.96. The van der Waals surface area contributed by atoms with Crippen molar-refractivity contribution < 1.29 is 14.2 Å². The molecule has 0 amide bonds. The second-order valence-corrected chi connectivity index (χ2v) is 5.12. The van der Waals surface area contributed by atoms with Gasteiger partial charge < -0.3 is 14.2 Å². The molecule has 0 aromatic heterocycles. The van der Waals surface area contributed by atoms with Crippen molar-refractivity contribution in [2.24, 2.45) is 0 Å². The normalized spacial score (nSPS) is 10.2. The zero-order chi connectivity index (χ0) is 16.1. The van der Waals surface area contributed by atoms with E-state index in [0.717, 1.165) is 17.1 Å². The molecular weight excluding hydrogens is 288 g/mol. The van der Waals surface area contributed by atoms with Gasteiger partial charge >= 0.3 is 0 Å². The number of hydrogen-bond donors (Lipinski definition) is 0. The van der Waals surface area contributed by atoms with Crippen LogP contribution in [0.1, 0.15) is 5.56 Å². The molecule has 0 atom stereocenters. The SMILES string of the molecule is COc1c(Oc2ccccc2)cc(C)cc1Oc1ccccc1. The Morgan fingerprint density at radius 1 is 0.652 bits per heavy atom. The largest absolute Gasteiger partial charge is 0.490 e. The predicted octanol–water partition coefficient (Wildman–Crippen LogP) is 5.59. The molecule has 0 bridgehead atoms. The topological polar surface area (TPSA) is 27.7 Å². The summed E-state index contributed by atoms with van der Waals surface area (Å²) >= 11 is 0. The molecule has 0 N–H and O–H groups in total. The summed E-state index contributed by atoms with van der Waals surface area (Å²) < 4.78 is 17.4. The highest BCUT2D eigenvalue weighted by Gasteiger charge is 2.15. The lowest BCUT2D eigenvalue weighted by molar-refractivity contribution is 0.352. The van der Waals surface area contributed by atoms with Gasteiger partial charge in [0.25, 0.3) is 0 Å². The second kappa shape index (κ2) is 6.88. The summed E-state index contributed by atoms with van der Waals surface area (Å²) in [7, 11) is 1.61. The zero-order valence-electron chi connectivity index (χ0n) is 13.2. The van der Waals surface area contributed by atoms with Gasteiger partial charge in [0.15, 0.2) is 11.5 Å². The van der Waals surface area contributed by atoms with Gasteiger partial charge in [0.1, 0.15) is 11.5 Å². The second-order valence-electron chi connectivity index (χ2n) is 5.12. The molecular formula is C20H18O3. The molecule has 0 saturated heterocycles. The summed E-state index contributed by atoms with van der Waals surface area (Å²) in [6.07, 6.45) is 0. The van der Waals surface area contributed by atoms with Gasteiger partial charge in [-0.2, -0.15) is 0 Å². The number of methoxy groups -OCH3 is 1. The van der Waals surface area contributed by atoms with Crippen molar-refractivity contribution in [2.45, 2.75) is 6.92 Å². The van der Waals surface area contributed by atoms with Gasteiger partial charge in [-0.3, -0.25) is 0 Å². The minimum absolute atomic E-state index is 0.573. The lowest BCUT2D eigenvalue weighted by Crippen LogP contribution is -1.95. The average Bonchev–Trinajstić information content (AvgIpc) is 2.56. The Hall–Kier alpha value is -2.94. The van der Waals surface area contributed by atoms with Crippen LogP contribution >= 0.6 is 0 Å². The van der Waals surface area contributed by atoms with Crippen LogP contribution in [0.3, 0.4) is 0 Å². The third-order valence-electron chi connectivity index (χ3n) is 3.31. The molecule has 3 aromatic carbocycles. The van der Waals surface area contributed by atoms with E-state index in [-0.39, 0.29) is 0 Å². The summed E-state index contributed by atoms with van der Waals surface area (Å²) in [6, 6.07) is 23.1.